The first-order chi connectivity index (χ1) is 9.67. The predicted molar refractivity (Wildman–Crippen MR) is 83.2 cm³/mol. The van der Waals surface area contributed by atoms with Crippen LogP contribution in [-0.2, 0) is 4.89 Å². The number of hydrogen-bond acceptors (Lipinski definition) is 3. The Hall–Kier alpha value is -1.46. The molecule has 1 unspecified atom stereocenters. The summed E-state index contributed by atoms with van der Waals surface area (Å²) < 4.78 is 1.00. The van der Waals surface area contributed by atoms with Gasteiger partial charge in [-0.2, -0.15) is 0 Å². The van der Waals surface area contributed by atoms with Crippen molar-refractivity contribution in [1.29, 1.82) is 0 Å². The van der Waals surface area contributed by atoms with E-state index < -0.39 is 6.10 Å². The molecule has 0 radical (unpaired) electrons. The van der Waals surface area contributed by atoms with Crippen molar-refractivity contribution < 1.29 is 15.3 Å². The molecule has 0 bridgehead atoms. The van der Waals surface area contributed by atoms with Gasteiger partial charge in [0, 0.05) is 4.47 Å². The number of benzene rings is 2. The van der Waals surface area contributed by atoms with Crippen molar-refractivity contribution in [2.45, 2.75) is 6.10 Å². The quantitative estimate of drug-likeness (QED) is 0.642. The Kier molecular flexibility index (Phi) is 5.09. The van der Waals surface area contributed by atoms with Gasteiger partial charge < -0.3 is 5.11 Å². The zero-order valence-corrected chi connectivity index (χ0v) is 12.4. The zero-order chi connectivity index (χ0) is 14.5. The Bertz CT molecular complexity index is 589. The second kappa shape index (κ2) is 6.81. The lowest BCUT2D eigenvalue weighted by Gasteiger charge is -2.17. The van der Waals surface area contributed by atoms with E-state index >= 15 is 0 Å². The Morgan fingerprint density at radius 1 is 1.15 bits per heavy atom. The van der Waals surface area contributed by atoms with E-state index in [-0.39, 0.29) is 6.61 Å². The van der Waals surface area contributed by atoms with E-state index in [2.05, 4.69) is 27.4 Å². The van der Waals surface area contributed by atoms with Crippen molar-refractivity contribution in [3.05, 3.63) is 65.1 Å². The Labute approximate surface area is 126 Å². The minimum absolute atomic E-state index is 0.329. The van der Waals surface area contributed by atoms with Crippen LogP contribution in [0.25, 0.3) is 16.7 Å². The molecule has 0 saturated carbocycles. The summed E-state index contributed by atoms with van der Waals surface area (Å²) in [6.45, 7) is 3.59. The standard InChI is InChI=1S/C16H15BrO3/c1-11(16(10-18)20-19)14-4-2-3-5-15(14)12-6-8-13(17)9-7-12/h2-9,16,18-19H,1,10H2. The summed E-state index contributed by atoms with van der Waals surface area (Å²) in [5.74, 6) is 0. The first kappa shape index (κ1) is 14.9. The number of rotatable bonds is 5. The summed E-state index contributed by atoms with van der Waals surface area (Å²) >= 11 is 3.41. The highest BCUT2D eigenvalue weighted by atomic mass is 79.9. The summed E-state index contributed by atoms with van der Waals surface area (Å²) in [5.41, 5.74) is 3.37. The van der Waals surface area contributed by atoms with Crippen LogP contribution in [0.3, 0.4) is 0 Å². The maximum atomic E-state index is 9.20. The number of hydrogen-bond donors (Lipinski definition) is 2. The van der Waals surface area contributed by atoms with Gasteiger partial charge in [0.05, 0.1) is 6.61 Å². The van der Waals surface area contributed by atoms with E-state index in [0.717, 1.165) is 21.2 Å². The molecule has 0 aliphatic rings. The molecule has 0 saturated heterocycles. The van der Waals surface area contributed by atoms with Crippen LogP contribution in [0, 0.1) is 0 Å². The SMILES string of the molecule is C=C(c1ccccc1-c1ccc(Br)cc1)C(CO)OO. The minimum Gasteiger partial charge on any atom is -0.393 e. The van der Waals surface area contributed by atoms with Crippen LogP contribution >= 0.6 is 15.9 Å². The van der Waals surface area contributed by atoms with Crippen LogP contribution in [0.2, 0.25) is 0 Å². The van der Waals surface area contributed by atoms with Crippen LogP contribution in [0.4, 0.5) is 0 Å². The predicted octanol–water partition coefficient (Wildman–Crippen LogP) is 3.98. The van der Waals surface area contributed by atoms with Gasteiger partial charge in [-0.1, -0.05) is 58.9 Å². The lowest BCUT2D eigenvalue weighted by atomic mass is 9.93. The van der Waals surface area contributed by atoms with Crippen LogP contribution in [0.1, 0.15) is 5.56 Å². The van der Waals surface area contributed by atoms with E-state index in [9.17, 15) is 5.11 Å². The van der Waals surface area contributed by atoms with Crippen LogP contribution < -0.4 is 0 Å². The monoisotopic (exact) mass is 334 g/mol. The highest BCUT2D eigenvalue weighted by molar-refractivity contribution is 9.10. The summed E-state index contributed by atoms with van der Waals surface area (Å²) in [6, 6.07) is 15.6. The highest BCUT2D eigenvalue weighted by Crippen LogP contribution is 2.31. The van der Waals surface area contributed by atoms with Crippen molar-refractivity contribution in [3.8, 4) is 11.1 Å². The average molecular weight is 335 g/mol. The third kappa shape index (κ3) is 3.16. The Balaban J connectivity index is 2.45. The molecular formula is C16H15BrO3. The molecule has 3 nitrogen and oxygen atoms in total. The van der Waals surface area contributed by atoms with Gasteiger partial charge in [-0.15, -0.1) is 0 Å². The van der Waals surface area contributed by atoms with Crippen LogP contribution in [0.5, 0.6) is 0 Å². The smallest absolute Gasteiger partial charge is 0.141 e. The normalized spacial score (nSPS) is 12.2. The summed E-state index contributed by atoms with van der Waals surface area (Å²) in [4.78, 5) is 4.27. The first-order valence-corrected chi connectivity index (χ1v) is 6.92. The second-order valence-electron chi connectivity index (χ2n) is 4.35. The molecule has 20 heavy (non-hydrogen) atoms. The fraction of sp³-hybridized carbons (Fsp3) is 0.125. The second-order valence-corrected chi connectivity index (χ2v) is 5.27. The molecule has 0 spiro atoms. The van der Waals surface area contributed by atoms with E-state index in [0.29, 0.717) is 5.57 Å². The van der Waals surface area contributed by atoms with Crippen molar-refractivity contribution in [2.75, 3.05) is 6.61 Å². The fourth-order valence-electron chi connectivity index (χ4n) is 2.02. The molecular weight excluding hydrogens is 320 g/mol. The third-order valence-electron chi connectivity index (χ3n) is 3.11. The zero-order valence-electron chi connectivity index (χ0n) is 10.8. The largest absolute Gasteiger partial charge is 0.393 e. The van der Waals surface area contributed by atoms with Gasteiger partial charge in [0.2, 0.25) is 0 Å². The van der Waals surface area contributed by atoms with Gasteiger partial charge in [0.25, 0.3) is 0 Å². The molecule has 0 aromatic heterocycles. The molecule has 1 atom stereocenters. The number of aliphatic hydroxyl groups excluding tert-OH is 1. The third-order valence-corrected chi connectivity index (χ3v) is 3.64. The van der Waals surface area contributed by atoms with E-state index in [4.69, 9.17) is 5.26 Å². The van der Waals surface area contributed by atoms with Crippen molar-refractivity contribution in [2.24, 2.45) is 0 Å². The Morgan fingerprint density at radius 3 is 2.40 bits per heavy atom. The molecule has 2 aromatic rings. The number of aliphatic hydroxyl groups is 1. The molecule has 0 aliphatic heterocycles. The lowest BCUT2D eigenvalue weighted by Crippen LogP contribution is -2.17. The molecule has 2 aromatic carbocycles. The maximum Gasteiger partial charge on any atom is 0.141 e. The number of halogens is 1. The van der Waals surface area contributed by atoms with Gasteiger partial charge in [0.15, 0.2) is 0 Å². The molecule has 2 rings (SSSR count). The highest BCUT2D eigenvalue weighted by Gasteiger charge is 2.17. The van der Waals surface area contributed by atoms with Gasteiger partial charge in [-0.05, 0) is 34.4 Å². The summed E-state index contributed by atoms with van der Waals surface area (Å²) in [7, 11) is 0. The van der Waals surface area contributed by atoms with Gasteiger partial charge >= 0.3 is 0 Å². The molecule has 0 heterocycles. The van der Waals surface area contributed by atoms with Gasteiger partial charge in [-0.3, -0.25) is 5.26 Å². The molecule has 104 valence electrons. The van der Waals surface area contributed by atoms with Crippen LogP contribution in [-0.4, -0.2) is 23.1 Å². The molecule has 0 fully saturated rings. The molecule has 4 heteroatoms. The van der Waals surface area contributed by atoms with Gasteiger partial charge in [-0.25, -0.2) is 4.89 Å². The Morgan fingerprint density at radius 2 is 1.80 bits per heavy atom. The lowest BCUT2D eigenvalue weighted by molar-refractivity contribution is -0.268. The summed E-state index contributed by atoms with van der Waals surface area (Å²) in [5, 5.41) is 18.0. The molecule has 0 amide bonds. The van der Waals surface area contributed by atoms with Crippen molar-refractivity contribution in [3.63, 3.8) is 0 Å². The molecule has 0 aliphatic carbocycles. The van der Waals surface area contributed by atoms with Gasteiger partial charge in [0.1, 0.15) is 6.10 Å². The maximum absolute atomic E-state index is 9.20. The van der Waals surface area contributed by atoms with E-state index in [1.54, 1.807) is 0 Å². The molecule has 2 N–H and O–H groups in total. The minimum atomic E-state index is -0.827. The first-order valence-electron chi connectivity index (χ1n) is 6.12. The summed E-state index contributed by atoms with van der Waals surface area (Å²) in [6.07, 6.45) is -0.827. The topological polar surface area (TPSA) is 49.7 Å². The van der Waals surface area contributed by atoms with Crippen molar-refractivity contribution in [1.82, 2.24) is 0 Å². The average Bonchev–Trinajstić information content (AvgIpc) is 2.49. The van der Waals surface area contributed by atoms with E-state index in [1.165, 1.54) is 0 Å². The van der Waals surface area contributed by atoms with E-state index in [1.807, 2.05) is 48.5 Å². The fourth-order valence-corrected chi connectivity index (χ4v) is 2.29. The van der Waals surface area contributed by atoms with Crippen LogP contribution in [0.15, 0.2) is 59.6 Å². The van der Waals surface area contributed by atoms with Crippen molar-refractivity contribution >= 4 is 21.5 Å².